The summed E-state index contributed by atoms with van der Waals surface area (Å²) < 4.78 is 12.4. The van der Waals surface area contributed by atoms with Crippen LogP contribution in [0.1, 0.15) is 28.2 Å². The van der Waals surface area contributed by atoms with Crippen LogP contribution in [-0.4, -0.2) is 39.0 Å². The lowest BCUT2D eigenvalue weighted by atomic mass is 10.1. The van der Waals surface area contributed by atoms with Crippen LogP contribution in [0.25, 0.3) is 11.1 Å². The number of nitrogens with zero attached hydrogens (tertiary/aromatic N) is 4. The van der Waals surface area contributed by atoms with Gasteiger partial charge in [-0.05, 0) is 26.3 Å². The van der Waals surface area contributed by atoms with Gasteiger partial charge in [-0.2, -0.15) is 5.10 Å². The lowest BCUT2D eigenvalue weighted by Crippen LogP contribution is -2.19. The van der Waals surface area contributed by atoms with Gasteiger partial charge in [-0.3, -0.25) is 4.79 Å². The van der Waals surface area contributed by atoms with E-state index < -0.39 is 0 Å². The molecule has 1 saturated heterocycles. The summed E-state index contributed by atoms with van der Waals surface area (Å²) in [5, 5.41) is 11.8. The van der Waals surface area contributed by atoms with Gasteiger partial charge < -0.3 is 14.6 Å². The van der Waals surface area contributed by atoms with Crippen LogP contribution < -0.4 is 5.32 Å². The van der Waals surface area contributed by atoms with Crippen molar-refractivity contribution in [3.63, 3.8) is 0 Å². The summed E-state index contributed by atoms with van der Waals surface area (Å²) in [5.74, 6) is 0.852. The molecular formula is C17H19N5O3. The quantitative estimate of drug-likeness (QED) is 0.782. The molecule has 0 spiro atoms. The number of aryl methyl sites for hydroxylation is 2. The van der Waals surface area contributed by atoms with Gasteiger partial charge in [-0.1, -0.05) is 5.16 Å². The molecule has 0 radical (unpaired) electrons. The maximum atomic E-state index is 12.8. The van der Waals surface area contributed by atoms with Crippen LogP contribution in [0.2, 0.25) is 0 Å². The maximum absolute atomic E-state index is 12.8. The molecule has 1 aliphatic heterocycles. The lowest BCUT2D eigenvalue weighted by molar-refractivity contribution is 0.102. The zero-order chi connectivity index (χ0) is 17.4. The van der Waals surface area contributed by atoms with E-state index in [0.717, 1.165) is 26.2 Å². The van der Waals surface area contributed by atoms with Crippen molar-refractivity contribution in [2.75, 3.05) is 18.5 Å². The molecular weight excluding hydrogens is 322 g/mol. The molecule has 1 amide bonds. The minimum absolute atomic E-state index is 0.230. The third kappa shape index (κ3) is 3.00. The molecule has 25 heavy (non-hydrogen) atoms. The van der Waals surface area contributed by atoms with Gasteiger partial charge in [0.15, 0.2) is 0 Å². The predicted octanol–water partition coefficient (Wildman–Crippen LogP) is 2.32. The molecule has 0 aliphatic carbocycles. The van der Waals surface area contributed by atoms with Crippen molar-refractivity contribution in [2.24, 2.45) is 5.92 Å². The van der Waals surface area contributed by atoms with E-state index in [0.29, 0.717) is 39.8 Å². The standard InChI is InChI=1S/C17H19N5O3/c1-10-7-13(15-11(2)21-25-17(15)19-10)16(23)20-14-3-5-18-22(14)8-12-4-6-24-9-12/h3,5,7,12H,4,6,8-9H2,1-2H3,(H,20,23)/t12-/m0/s1. The smallest absolute Gasteiger partial charge is 0.258 e. The largest absolute Gasteiger partial charge is 0.381 e. The second-order valence-corrected chi connectivity index (χ2v) is 6.34. The first-order chi connectivity index (χ1) is 12.1. The van der Waals surface area contributed by atoms with E-state index >= 15 is 0 Å². The first kappa shape index (κ1) is 15.8. The summed E-state index contributed by atoms with van der Waals surface area (Å²) in [6.07, 6.45) is 2.70. The zero-order valence-electron chi connectivity index (χ0n) is 14.2. The van der Waals surface area contributed by atoms with Crippen molar-refractivity contribution >= 4 is 22.8 Å². The molecule has 3 aromatic rings. The Morgan fingerprint density at radius 1 is 1.44 bits per heavy atom. The molecule has 8 heteroatoms. The van der Waals surface area contributed by atoms with Crippen molar-refractivity contribution in [3.05, 3.63) is 35.3 Å². The zero-order valence-corrected chi connectivity index (χ0v) is 14.2. The van der Waals surface area contributed by atoms with Crippen molar-refractivity contribution in [1.82, 2.24) is 19.9 Å². The minimum atomic E-state index is -0.230. The number of fused-ring (bicyclic) bond motifs is 1. The number of hydrogen-bond acceptors (Lipinski definition) is 6. The van der Waals surface area contributed by atoms with Crippen LogP contribution in [0.5, 0.6) is 0 Å². The monoisotopic (exact) mass is 341 g/mol. The average Bonchev–Trinajstić information content (AvgIpc) is 3.31. The maximum Gasteiger partial charge on any atom is 0.258 e. The summed E-state index contributed by atoms with van der Waals surface area (Å²) in [4.78, 5) is 17.1. The second kappa shape index (κ2) is 6.29. The van der Waals surface area contributed by atoms with E-state index in [1.807, 2.05) is 11.6 Å². The van der Waals surface area contributed by atoms with Gasteiger partial charge in [-0.25, -0.2) is 9.67 Å². The van der Waals surface area contributed by atoms with Crippen LogP contribution in [0, 0.1) is 19.8 Å². The molecule has 1 atom stereocenters. The highest BCUT2D eigenvalue weighted by molar-refractivity contribution is 6.12. The fourth-order valence-corrected chi connectivity index (χ4v) is 3.14. The highest BCUT2D eigenvalue weighted by Gasteiger charge is 2.21. The third-order valence-electron chi connectivity index (χ3n) is 4.40. The number of ether oxygens (including phenoxy) is 1. The molecule has 0 bridgehead atoms. The molecule has 4 rings (SSSR count). The number of pyridine rings is 1. The first-order valence-electron chi connectivity index (χ1n) is 8.26. The average molecular weight is 341 g/mol. The number of aromatic nitrogens is 4. The number of rotatable bonds is 4. The molecule has 0 unspecified atom stereocenters. The van der Waals surface area contributed by atoms with Gasteiger partial charge >= 0.3 is 0 Å². The number of carbonyl (C=O) groups is 1. The van der Waals surface area contributed by atoms with Gasteiger partial charge in [0.05, 0.1) is 29.4 Å². The van der Waals surface area contributed by atoms with Gasteiger partial charge in [0.1, 0.15) is 5.82 Å². The van der Waals surface area contributed by atoms with Gasteiger partial charge in [-0.15, -0.1) is 0 Å². The van der Waals surface area contributed by atoms with Crippen molar-refractivity contribution in [2.45, 2.75) is 26.8 Å². The van der Waals surface area contributed by atoms with Crippen LogP contribution >= 0.6 is 0 Å². The molecule has 4 heterocycles. The van der Waals surface area contributed by atoms with Crippen LogP contribution in [0.3, 0.4) is 0 Å². The van der Waals surface area contributed by atoms with E-state index in [-0.39, 0.29) is 5.91 Å². The highest BCUT2D eigenvalue weighted by Crippen LogP contribution is 2.23. The summed E-state index contributed by atoms with van der Waals surface area (Å²) in [7, 11) is 0. The van der Waals surface area contributed by atoms with Crippen LogP contribution in [0.15, 0.2) is 22.9 Å². The molecule has 130 valence electrons. The first-order valence-corrected chi connectivity index (χ1v) is 8.26. The van der Waals surface area contributed by atoms with E-state index in [1.54, 1.807) is 25.3 Å². The Hall–Kier alpha value is -2.74. The summed E-state index contributed by atoms with van der Waals surface area (Å²) in [5.41, 5.74) is 2.21. The molecule has 3 aromatic heterocycles. The number of amides is 1. The van der Waals surface area contributed by atoms with Gasteiger partial charge in [0.25, 0.3) is 11.6 Å². The molecule has 1 fully saturated rings. The van der Waals surface area contributed by atoms with Gasteiger partial charge in [0.2, 0.25) is 0 Å². The van der Waals surface area contributed by atoms with Crippen molar-refractivity contribution in [3.8, 4) is 0 Å². The Morgan fingerprint density at radius 3 is 3.12 bits per heavy atom. The molecule has 1 N–H and O–H groups in total. The van der Waals surface area contributed by atoms with E-state index in [1.165, 1.54) is 0 Å². The van der Waals surface area contributed by atoms with E-state index in [2.05, 4.69) is 20.6 Å². The van der Waals surface area contributed by atoms with E-state index in [9.17, 15) is 4.79 Å². The normalized spacial score (nSPS) is 17.3. The highest BCUT2D eigenvalue weighted by atomic mass is 16.5. The predicted molar refractivity (Wildman–Crippen MR) is 90.4 cm³/mol. The number of hydrogen-bond donors (Lipinski definition) is 1. The fraction of sp³-hybridized carbons (Fsp3) is 0.412. The lowest BCUT2D eigenvalue weighted by Gasteiger charge is -2.12. The Balaban J connectivity index is 1.61. The van der Waals surface area contributed by atoms with Crippen molar-refractivity contribution in [1.29, 1.82) is 0 Å². The molecule has 1 aliphatic rings. The Kier molecular flexibility index (Phi) is 3.96. The number of anilines is 1. The number of nitrogens with one attached hydrogen (secondary N) is 1. The second-order valence-electron chi connectivity index (χ2n) is 6.34. The van der Waals surface area contributed by atoms with Crippen LogP contribution in [-0.2, 0) is 11.3 Å². The fourth-order valence-electron chi connectivity index (χ4n) is 3.14. The summed E-state index contributed by atoms with van der Waals surface area (Å²) in [6.45, 7) is 5.86. The van der Waals surface area contributed by atoms with E-state index in [4.69, 9.17) is 9.26 Å². The number of carbonyl (C=O) groups excluding carboxylic acids is 1. The summed E-state index contributed by atoms with van der Waals surface area (Å²) in [6, 6.07) is 3.53. The minimum Gasteiger partial charge on any atom is -0.381 e. The molecule has 8 nitrogen and oxygen atoms in total. The van der Waals surface area contributed by atoms with Crippen LogP contribution in [0.4, 0.5) is 5.82 Å². The Bertz CT molecular complexity index is 924. The summed E-state index contributed by atoms with van der Waals surface area (Å²) >= 11 is 0. The third-order valence-corrected chi connectivity index (χ3v) is 4.40. The SMILES string of the molecule is Cc1cc(C(=O)Nc2ccnn2C[C@@H]2CCOC2)c2c(C)noc2n1. The molecule has 0 aromatic carbocycles. The van der Waals surface area contributed by atoms with Crippen molar-refractivity contribution < 1.29 is 14.1 Å². The Labute approximate surface area is 144 Å². The van der Waals surface area contributed by atoms with Gasteiger partial charge in [0, 0.05) is 30.8 Å². The molecule has 0 saturated carbocycles. The topological polar surface area (TPSA) is 95.1 Å². The Morgan fingerprint density at radius 2 is 2.32 bits per heavy atom.